The van der Waals surface area contributed by atoms with Crippen molar-refractivity contribution in [3.63, 3.8) is 0 Å². The zero-order valence-electron chi connectivity index (χ0n) is 11.0. The Morgan fingerprint density at radius 1 is 1.11 bits per heavy atom. The lowest BCUT2D eigenvalue weighted by Gasteiger charge is -2.43. The molecule has 19 heavy (non-hydrogen) atoms. The van der Waals surface area contributed by atoms with E-state index < -0.39 is 0 Å². The minimum atomic E-state index is -0.0436. The highest BCUT2D eigenvalue weighted by atomic mass is 16.5. The molecular weight excluding hydrogens is 244 g/mol. The van der Waals surface area contributed by atoms with Crippen LogP contribution >= 0.6 is 0 Å². The number of rotatable bonds is 2. The summed E-state index contributed by atoms with van der Waals surface area (Å²) in [5.74, 6) is 1.08. The number of ether oxygens (including phenoxy) is 3. The third-order valence-corrected chi connectivity index (χ3v) is 3.99. The quantitative estimate of drug-likeness (QED) is 0.891. The molecule has 0 saturated carbocycles. The van der Waals surface area contributed by atoms with Crippen molar-refractivity contribution in [2.45, 2.75) is 37.4 Å². The Morgan fingerprint density at radius 2 is 1.84 bits per heavy atom. The lowest BCUT2D eigenvalue weighted by molar-refractivity contribution is -0.155. The Balaban J connectivity index is 1.63. The maximum atomic E-state index is 9.27. The van der Waals surface area contributed by atoms with Crippen LogP contribution in [0, 0.1) is 0 Å². The van der Waals surface area contributed by atoms with Gasteiger partial charge >= 0.3 is 0 Å². The van der Waals surface area contributed by atoms with E-state index in [2.05, 4.69) is 0 Å². The van der Waals surface area contributed by atoms with Gasteiger partial charge in [0, 0.05) is 26.1 Å². The van der Waals surface area contributed by atoms with Crippen molar-refractivity contribution in [1.82, 2.24) is 0 Å². The van der Waals surface area contributed by atoms with Crippen LogP contribution in [-0.2, 0) is 9.47 Å². The molecule has 1 aromatic rings. The monoisotopic (exact) mass is 264 g/mol. The molecule has 0 aromatic heterocycles. The van der Waals surface area contributed by atoms with Crippen LogP contribution < -0.4 is 4.74 Å². The summed E-state index contributed by atoms with van der Waals surface area (Å²) < 4.78 is 17.4. The Morgan fingerprint density at radius 3 is 2.58 bits per heavy atom. The molecule has 1 N–H and O–H groups in total. The standard InChI is InChI=1S/C15H20O4/c16-12-1-3-13(4-2-12)19-14-5-8-18-15(11-14)6-9-17-10-7-15/h1-4,14,16H,5-11H2. The van der Waals surface area contributed by atoms with Gasteiger partial charge in [0.1, 0.15) is 17.6 Å². The smallest absolute Gasteiger partial charge is 0.119 e. The zero-order chi connectivity index (χ0) is 13.1. The van der Waals surface area contributed by atoms with Crippen molar-refractivity contribution < 1.29 is 19.3 Å². The van der Waals surface area contributed by atoms with E-state index in [1.54, 1.807) is 24.3 Å². The summed E-state index contributed by atoms with van der Waals surface area (Å²) in [6, 6.07) is 6.92. The molecule has 4 heteroatoms. The highest BCUT2D eigenvalue weighted by molar-refractivity contribution is 5.30. The molecule has 0 radical (unpaired) electrons. The molecule has 1 unspecified atom stereocenters. The van der Waals surface area contributed by atoms with Crippen molar-refractivity contribution in [3.8, 4) is 11.5 Å². The molecule has 1 atom stereocenters. The Bertz CT molecular complexity index is 403. The largest absolute Gasteiger partial charge is 0.508 e. The summed E-state index contributed by atoms with van der Waals surface area (Å²) in [5, 5.41) is 9.27. The predicted molar refractivity (Wildman–Crippen MR) is 70.5 cm³/mol. The first-order valence-corrected chi connectivity index (χ1v) is 6.93. The van der Waals surface area contributed by atoms with Crippen LogP contribution in [0.5, 0.6) is 11.5 Å². The fourth-order valence-electron chi connectivity index (χ4n) is 2.89. The summed E-state index contributed by atoms with van der Waals surface area (Å²) in [7, 11) is 0. The summed E-state index contributed by atoms with van der Waals surface area (Å²) in [4.78, 5) is 0. The minimum absolute atomic E-state index is 0.0436. The number of phenolic OH excluding ortho intramolecular Hbond substituents is 1. The number of phenols is 1. The van der Waals surface area contributed by atoms with Crippen molar-refractivity contribution in [2.24, 2.45) is 0 Å². The van der Waals surface area contributed by atoms with Crippen LogP contribution in [0.4, 0.5) is 0 Å². The van der Waals surface area contributed by atoms with Gasteiger partial charge in [-0.3, -0.25) is 0 Å². The molecular formula is C15H20O4. The highest BCUT2D eigenvalue weighted by Gasteiger charge is 2.39. The molecule has 0 bridgehead atoms. The van der Waals surface area contributed by atoms with E-state index >= 15 is 0 Å². The van der Waals surface area contributed by atoms with Gasteiger partial charge in [-0.2, -0.15) is 0 Å². The van der Waals surface area contributed by atoms with E-state index in [1.165, 1.54) is 0 Å². The average Bonchev–Trinajstić information content (AvgIpc) is 2.42. The Kier molecular flexibility index (Phi) is 3.62. The fraction of sp³-hybridized carbons (Fsp3) is 0.600. The van der Waals surface area contributed by atoms with E-state index in [9.17, 15) is 5.11 Å². The SMILES string of the molecule is Oc1ccc(OC2CCOC3(CCOCC3)C2)cc1. The molecule has 2 heterocycles. The van der Waals surface area contributed by atoms with Gasteiger partial charge in [0.15, 0.2) is 0 Å². The Hall–Kier alpha value is -1.26. The van der Waals surface area contributed by atoms with E-state index in [4.69, 9.17) is 14.2 Å². The van der Waals surface area contributed by atoms with Crippen LogP contribution in [0.15, 0.2) is 24.3 Å². The first kappa shape index (κ1) is 12.8. The maximum Gasteiger partial charge on any atom is 0.119 e. The number of hydrogen-bond donors (Lipinski definition) is 1. The number of hydrogen-bond acceptors (Lipinski definition) is 4. The Labute approximate surface area is 113 Å². The molecule has 1 spiro atoms. The first-order valence-electron chi connectivity index (χ1n) is 6.93. The lowest BCUT2D eigenvalue weighted by Crippen LogP contribution is -2.47. The van der Waals surface area contributed by atoms with Gasteiger partial charge in [-0.25, -0.2) is 0 Å². The van der Waals surface area contributed by atoms with Crippen LogP contribution in [0.2, 0.25) is 0 Å². The minimum Gasteiger partial charge on any atom is -0.508 e. The summed E-state index contributed by atoms with van der Waals surface area (Å²) in [6.45, 7) is 2.32. The van der Waals surface area contributed by atoms with Crippen molar-refractivity contribution >= 4 is 0 Å². The van der Waals surface area contributed by atoms with Crippen molar-refractivity contribution in [3.05, 3.63) is 24.3 Å². The van der Waals surface area contributed by atoms with Crippen LogP contribution in [0.3, 0.4) is 0 Å². The summed E-state index contributed by atoms with van der Waals surface area (Å²) in [6.07, 6.45) is 3.96. The van der Waals surface area contributed by atoms with Gasteiger partial charge in [-0.1, -0.05) is 0 Å². The van der Waals surface area contributed by atoms with Gasteiger partial charge in [0.2, 0.25) is 0 Å². The number of aromatic hydroxyl groups is 1. The van der Waals surface area contributed by atoms with Gasteiger partial charge in [-0.05, 0) is 37.1 Å². The van der Waals surface area contributed by atoms with E-state index in [0.29, 0.717) is 0 Å². The number of benzene rings is 1. The zero-order valence-corrected chi connectivity index (χ0v) is 11.0. The first-order chi connectivity index (χ1) is 9.26. The van der Waals surface area contributed by atoms with Crippen LogP contribution in [0.25, 0.3) is 0 Å². The highest BCUT2D eigenvalue weighted by Crippen LogP contribution is 2.35. The third kappa shape index (κ3) is 3.01. The van der Waals surface area contributed by atoms with Crippen molar-refractivity contribution in [1.29, 1.82) is 0 Å². The fourth-order valence-corrected chi connectivity index (χ4v) is 2.89. The van der Waals surface area contributed by atoms with Crippen molar-refractivity contribution in [2.75, 3.05) is 19.8 Å². The molecule has 3 rings (SSSR count). The van der Waals surface area contributed by atoms with Gasteiger partial charge in [0.25, 0.3) is 0 Å². The van der Waals surface area contributed by atoms with Gasteiger partial charge < -0.3 is 19.3 Å². The molecule has 0 aliphatic carbocycles. The van der Waals surface area contributed by atoms with Crippen LogP contribution in [-0.4, -0.2) is 36.6 Å². The maximum absolute atomic E-state index is 9.27. The molecule has 2 aliphatic heterocycles. The molecule has 2 fully saturated rings. The van der Waals surface area contributed by atoms with E-state index in [1.807, 2.05) is 0 Å². The molecule has 1 aromatic carbocycles. The predicted octanol–water partition coefficient (Wildman–Crippen LogP) is 2.50. The van der Waals surface area contributed by atoms with Crippen LogP contribution in [0.1, 0.15) is 25.7 Å². The lowest BCUT2D eigenvalue weighted by atomic mass is 9.85. The van der Waals surface area contributed by atoms with E-state index in [-0.39, 0.29) is 17.5 Å². The van der Waals surface area contributed by atoms with Gasteiger partial charge in [0.05, 0.1) is 12.2 Å². The molecule has 0 amide bonds. The van der Waals surface area contributed by atoms with E-state index in [0.717, 1.165) is 51.3 Å². The molecule has 2 aliphatic rings. The molecule has 104 valence electrons. The average molecular weight is 264 g/mol. The normalized spacial score (nSPS) is 26.2. The second-order valence-electron chi connectivity index (χ2n) is 5.37. The topological polar surface area (TPSA) is 47.9 Å². The summed E-state index contributed by atoms with van der Waals surface area (Å²) in [5.41, 5.74) is -0.0436. The van der Waals surface area contributed by atoms with Gasteiger partial charge in [-0.15, -0.1) is 0 Å². The molecule has 2 saturated heterocycles. The third-order valence-electron chi connectivity index (χ3n) is 3.99. The second kappa shape index (κ2) is 5.39. The second-order valence-corrected chi connectivity index (χ2v) is 5.37. The summed E-state index contributed by atoms with van der Waals surface area (Å²) >= 11 is 0. The molecule has 4 nitrogen and oxygen atoms in total.